The topological polar surface area (TPSA) is 30.0 Å². The molecule has 1 rings (SSSR count). The van der Waals surface area contributed by atoms with Gasteiger partial charge in [0.1, 0.15) is 10.8 Å². The number of rotatable bonds is 1. The molecule has 14 heavy (non-hydrogen) atoms. The van der Waals surface area contributed by atoms with Gasteiger partial charge in [0.15, 0.2) is 0 Å². The van der Waals surface area contributed by atoms with Gasteiger partial charge in [0, 0.05) is 0 Å². The number of carbonyl (C=O) groups is 1. The van der Waals surface area contributed by atoms with Crippen LogP contribution in [0.15, 0.2) is 12.1 Å². The van der Waals surface area contributed by atoms with Crippen molar-refractivity contribution >= 4 is 28.4 Å². The van der Waals surface area contributed by atoms with Crippen molar-refractivity contribution in [2.75, 3.05) is 0 Å². The van der Waals surface area contributed by atoms with E-state index in [0.717, 1.165) is 6.07 Å². The lowest BCUT2D eigenvalue weighted by atomic mass is 10.2. The summed E-state index contributed by atoms with van der Waals surface area (Å²) < 4.78 is 36.2. The van der Waals surface area contributed by atoms with Gasteiger partial charge in [-0.1, -0.05) is 11.6 Å². The fourth-order valence-electron chi connectivity index (χ4n) is 0.739. The van der Waals surface area contributed by atoms with Crippen LogP contribution in [0.1, 0.15) is 16.1 Å². The van der Waals surface area contributed by atoms with Gasteiger partial charge in [-0.3, -0.25) is 4.79 Å². The Labute approximate surface area is 86.6 Å². The minimum atomic E-state index is -4.59. The lowest BCUT2D eigenvalue weighted by Crippen LogP contribution is -2.09. The number of nitrogens with zero attached hydrogens (tertiary/aromatic N) is 1. The zero-order valence-corrected chi connectivity index (χ0v) is 7.91. The summed E-state index contributed by atoms with van der Waals surface area (Å²) in [6.07, 6.45) is -4.59. The number of hydrogen-bond acceptors (Lipinski definition) is 2. The summed E-state index contributed by atoms with van der Waals surface area (Å²) in [7, 11) is 0. The molecule has 7 heteroatoms. The van der Waals surface area contributed by atoms with E-state index in [4.69, 9.17) is 23.2 Å². The van der Waals surface area contributed by atoms with Gasteiger partial charge in [0.2, 0.25) is 0 Å². The van der Waals surface area contributed by atoms with Crippen molar-refractivity contribution in [1.29, 1.82) is 0 Å². The van der Waals surface area contributed by atoms with Gasteiger partial charge in [0.25, 0.3) is 5.24 Å². The molecular formula is C7H2Cl2F3NO. The second kappa shape index (κ2) is 3.74. The Morgan fingerprint density at radius 3 is 2.29 bits per heavy atom. The Kier molecular flexibility index (Phi) is 3.01. The maximum Gasteiger partial charge on any atom is 0.433 e. The molecule has 1 aromatic rings. The molecule has 0 aromatic carbocycles. The summed E-state index contributed by atoms with van der Waals surface area (Å²) in [6, 6.07) is 1.52. The van der Waals surface area contributed by atoms with E-state index >= 15 is 0 Å². The molecule has 0 radical (unpaired) electrons. The number of pyridine rings is 1. The van der Waals surface area contributed by atoms with Crippen molar-refractivity contribution in [3.8, 4) is 0 Å². The van der Waals surface area contributed by atoms with E-state index in [9.17, 15) is 18.0 Å². The van der Waals surface area contributed by atoms with Crippen LogP contribution in [0.2, 0.25) is 5.15 Å². The van der Waals surface area contributed by atoms with Crippen molar-refractivity contribution in [3.63, 3.8) is 0 Å². The van der Waals surface area contributed by atoms with Crippen molar-refractivity contribution in [1.82, 2.24) is 4.98 Å². The second-order valence-electron chi connectivity index (χ2n) is 2.31. The van der Waals surface area contributed by atoms with E-state index in [-0.39, 0.29) is 5.56 Å². The van der Waals surface area contributed by atoms with Crippen LogP contribution in [-0.4, -0.2) is 10.2 Å². The van der Waals surface area contributed by atoms with Gasteiger partial charge < -0.3 is 0 Å². The van der Waals surface area contributed by atoms with E-state index in [0.29, 0.717) is 6.07 Å². The fourth-order valence-corrected chi connectivity index (χ4v) is 1.18. The SMILES string of the molecule is O=C(Cl)c1ccc(C(F)(F)F)nc1Cl. The average molecular weight is 244 g/mol. The van der Waals surface area contributed by atoms with Crippen LogP contribution < -0.4 is 0 Å². The predicted molar refractivity (Wildman–Crippen MR) is 44.4 cm³/mol. The standard InChI is InChI=1S/C7H2Cl2F3NO/c8-5-3(6(9)14)1-2-4(13-5)7(10,11)12/h1-2H. The summed E-state index contributed by atoms with van der Waals surface area (Å²) in [4.78, 5) is 13.6. The van der Waals surface area contributed by atoms with Crippen LogP contribution in [0.3, 0.4) is 0 Å². The molecule has 0 atom stereocenters. The predicted octanol–water partition coefficient (Wildman–Crippen LogP) is 3.13. The first-order chi connectivity index (χ1) is 6.32. The third-order valence-electron chi connectivity index (χ3n) is 1.35. The molecule has 0 saturated carbocycles. The summed E-state index contributed by atoms with van der Waals surface area (Å²) in [5.74, 6) is 0. The van der Waals surface area contributed by atoms with Crippen LogP contribution in [0.25, 0.3) is 0 Å². The quantitative estimate of drug-likeness (QED) is 0.561. The van der Waals surface area contributed by atoms with Crippen LogP contribution in [0.5, 0.6) is 0 Å². The molecule has 0 spiro atoms. The molecule has 1 aromatic heterocycles. The molecule has 0 saturated heterocycles. The fraction of sp³-hybridized carbons (Fsp3) is 0.143. The highest BCUT2D eigenvalue weighted by Gasteiger charge is 2.33. The molecule has 0 aliphatic rings. The lowest BCUT2D eigenvalue weighted by Gasteiger charge is -2.06. The summed E-state index contributed by atoms with van der Waals surface area (Å²) in [5, 5.41) is -1.50. The second-order valence-corrected chi connectivity index (χ2v) is 3.01. The number of halogens is 5. The Morgan fingerprint density at radius 2 is 1.93 bits per heavy atom. The molecule has 0 aliphatic heterocycles. The highest BCUT2D eigenvalue weighted by atomic mass is 35.5. The molecule has 0 fully saturated rings. The van der Waals surface area contributed by atoms with E-state index in [1.54, 1.807) is 0 Å². The first-order valence-corrected chi connectivity index (χ1v) is 4.01. The number of aromatic nitrogens is 1. The largest absolute Gasteiger partial charge is 0.433 e. The van der Waals surface area contributed by atoms with Crippen molar-refractivity contribution < 1.29 is 18.0 Å². The van der Waals surface area contributed by atoms with Crippen LogP contribution in [0, 0.1) is 0 Å². The normalized spacial score (nSPS) is 11.5. The third-order valence-corrected chi connectivity index (χ3v) is 1.84. The lowest BCUT2D eigenvalue weighted by molar-refractivity contribution is -0.141. The Balaban J connectivity index is 3.20. The van der Waals surface area contributed by atoms with Crippen molar-refractivity contribution in [2.45, 2.75) is 6.18 Å². The Morgan fingerprint density at radius 1 is 1.36 bits per heavy atom. The van der Waals surface area contributed by atoms with E-state index < -0.39 is 22.3 Å². The first-order valence-electron chi connectivity index (χ1n) is 3.26. The van der Waals surface area contributed by atoms with Crippen molar-refractivity contribution in [2.24, 2.45) is 0 Å². The van der Waals surface area contributed by atoms with Gasteiger partial charge in [-0.2, -0.15) is 13.2 Å². The minimum absolute atomic E-state index is 0.249. The minimum Gasteiger partial charge on any atom is -0.275 e. The molecular weight excluding hydrogens is 242 g/mol. The highest BCUT2D eigenvalue weighted by Crippen LogP contribution is 2.29. The van der Waals surface area contributed by atoms with Gasteiger partial charge in [0.05, 0.1) is 5.56 Å². The molecule has 76 valence electrons. The van der Waals surface area contributed by atoms with E-state index in [2.05, 4.69) is 4.98 Å². The molecule has 0 bridgehead atoms. The number of alkyl halides is 3. The molecule has 1 heterocycles. The van der Waals surface area contributed by atoms with E-state index in [1.807, 2.05) is 0 Å². The highest BCUT2D eigenvalue weighted by molar-refractivity contribution is 6.68. The van der Waals surface area contributed by atoms with Crippen LogP contribution in [0.4, 0.5) is 13.2 Å². The molecule has 2 nitrogen and oxygen atoms in total. The average Bonchev–Trinajstić information content (AvgIpc) is 2.01. The molecule has 0 unspecified atom stereocenters. The number of carbonyl (C=O) groups excluding carboxylic acids is 1. The third kappa shape index (κ3) is 2.36. The first kappa shape index (κ1) is 11.3. The van der Waals surface area contributed by atoms with Gasteiger partial charge >= 0.3 is 6.18 Å². The van der Waals surface area contributed by atoms with Crippen LogP contribution >= 0.6 is 23.2 Å². The summed E-state index contributed by atoms with van der Waals surface area (Å²) in [5.41, 5.74) is -1.41. The van der Waals surface area contributed by atoms with Gasteiger partial charge in [-0.05, 0) is 23.7 Å². The maximum atomic E-state index is 12.1. The molecule has 0 N–H and O–H groups in total. The number of hydrogen-bond donors (Lipinski definition) is 0. The Hall–Kier alpha value is -0.810. The van der Waals surface area contributed by atoms with Crippen LogP contribution in [-0.2, 0) is 6.18 Å². The van der Waals surface area contributed by atoms with Crippen molar-refractivity contribution in [3.05, 3.63) is 28.5 Å². The van der Waals surface area contributed by atoms with Gasteiger partial charge in [-0.15, -0.1) is 0 Å². The zero-order chi connectivity index (χ0) is 10.9. The molecule has 0 aliphatic carbocycles. The van der Waals surface area contributed by atoms with E-state index in [1.165, 1.54) is 0 Å². The van der Waals surface area contributed by atoms with Gasteiger partial charge in [-0.25, -0.2) is 4.98 Å². The summed E-state index contributed by atoms with van der Waals surface area (Å²) in [6.45, 7) is 0. The maximum absolute atomic E-state index is 12.1. The summed E-state index contributed by atoms with van der Waals surface area (Å²) >= 11 is 10.3. The monoisotopic (exact) mass is 243 g/mol. The smallest absolute Gasteiger partial charge is 0.275 e. The zero-order valence-electron chi connectivity index (χ0n) is 6.40. The Bertz CT molecular complexity index is 378. The molecule has 0 amide bonds.